The van der Waals surface area contributed by atoms with Crippen LogP contribution in [0, 0.1) is 0 Å². The maximum Gasteiger partial charge on any atom is 0.159 e. The first-order chi connectivity index (χ1) is 23.6. The number of nitrogens with zero attached hydrogens (tertiary/aromatic N) is 2. The maximum atomic E-state index is 6.80. The number of fused-ring (bicyclic) bond motifs is 8. The topological polar surface area (TPSA) is 17.4 Å². The summed E-state index contributed by atoms with van der Waals surface area (Å²) in [7, 11) is 0. The van der Waals surface area contributed by atoms with Gasteiger partial charge in [0.15, 0.2) is 11.5 Å². The highest BCUT2D eigenvalue weighted by molar-refractivity contribution is 6.12. The molecule has 0 unspecified atom stereocenters. The van der Waals surface area contributed by atoms with Gasteiger partial charge in [0.1, 0.15) is 0 Å². The predicted molar refractivity (Wildman–Crippen MR) is 199 cm³/mol. The lowest BCUT2D eigenvalue weighted by Crippen LogP contribution is -2.16. The average molecular weight is 617 g/mol. The molecule has 3 nitrogen and oxygen atoms in total. The third kappa shape index (κ3) is 3.76. The SMILES string of the molecule is CC1(C)c2cc(-c3cccc4c3Oc3cccc5c6ccccc6n-4c35)ccc2-c2ccc(N(c3ccccc3)c3ccccc3)cc21. The summed E-state index contributed by atoms with van der Waals surface area (Å²) in [6, 6.07) is 56.8. The summed E-state index contributed by atoms with van der Waals surface area (Å²) in [5.41, 5.74) is 14.2. The Hall–Kier alpha value is -6.06. The summed E-state index contributed by atoms with van der Waals surface area (Å²) in [5.74, 6) is 1.79. The lowest BCUT2D eigenvalue weighted by molar-refractivity contribution is 0.478. The van der Waals surface area contributed by atoms with Crippen LogP contribution >= 0.6 is 0 Å². The fraction of sp³-hybridized carbons (Fsp3) is 0.0667. The van der Waals surface area contributed by atoms with E-state index in [4.69, 9.17) is 4.74 Å². The van der Waals surface area contributed by atoms with Crippen LogP contribution in [0.5, 0.6) is 11.5 Å². The van der Waals surface area contributed by atoms with E-state index in [0.29, 0.717) is 0 Å². The van der Waals surface area contributed by atoms with Gasteiger partial charge < -0.3 is 14.2 Å². The molecule has 1 aliphatic carbocycles. The monoisotopic (exact) mass is 616 g/mol. The number of ether oxygens (including phenoxy) is 1. The number of para-hydroxylation sites is 5. The van der Waals surface area contributed by atoms with Gasteiger partial charge in [-0.3, -0.25) is 0 Å². The molecule has 1 aliphatic heterocycles. The van der Waals surface area contributed by atoms with Gasteiger partial charge in [0.2, 0.25) is 0 Å². The number of rotatable bonds is 4. The molecule has 2 aliphatic rings. The fourth-order valence-corrected chi connectivity index (χ4v) is 8.10. The van der Waals surface area contributed by atoms with Crippen molar-refractivity contribution in [2.75, 3.05) is 4.90 Å². The molecular formula is C45H32N2O. The zero-order valence-electron chi connectivity index (χ0n) is 26.8. The molecule has 0 fully saturated rings. The zero-order chi connectivity index (χ0) is 32.0. The minimum atomic E-state index is -0.194. The van der Waals surface area contributed by atoms with Crippen LogP contribution in [0.15, 0.2) is 158 Å². The normalized spacial score (nSPS) is 13.5. The smallest absolute Gasteiger partial charge is 0.159 e. The van der Waals surface area contributed by atoms with E-state index in [1.54, 1.807) is 0 Å². The van der Waals surface area contributed by atoms with Crippen LogP contribution < -0.4 is 9.64 Å². The second-order valence-electron chi connectivity index (χ2n) is 13.4. The highest BCUT2D eigenvalue weighted by Gasteiger charge is 2.37. The molecule has 7 aromatic carbocycles. The number of aromatic nitrogens is 1. The Morgan fingerprint density at radius 3 is 1.94 bits per heavy atom. The molecule has 0 radical (unpaired) electrons. The first-order valence-corrected chi connectivity index (χ1v) is 16.6. The third-order valence-electron chi connectivity index (χ3n) is 10.4. The van der Waals surface area contributed by atoms with Crippen LogP contribution in [0.2, 0.25) is 0 Å². The van der Waals surface area contributed by atoms with Crippen LogP contribution in [0.4, 0.5) is 17.1 Å². The van der Waals surface area contributed by atoms with Crippen molar-refractivity contribution in [3.63, 3.8) is 0 Å². The van der Waals surface area contributed by atoms with Crippen molar-refractivity contribution in [3.8, 4) is 39.4 Å². The van der Waals surface area contributed by atoms with E-state index in [9.17, 15) is 0 Å². The van der Waals surface area contributed by atoms with Crippen molar-refractivity contribution in [2.45, 2.75) is 19.3 Å². The van der Waals surface area contributed by atoms with Gasteiger partial charge in [0, 0.05) is 38.8 Å². The molecule has 0 bridgehead atoms. The van der Waals surface area contributed by atoms with Gasteiger partial charge in [-0.05, 0) is 88.5 Å². The van der Waals surface area contributed by atoms with E-state index in [-0.39, 0.29) is 5.41 Å². The molecule has 3 heteroatoms. The number of anilines is 3. The van der Waals surface area contributed by atoms with Crippen molar-refractivity contribution in [1.29, 1.82) is 0 Å². The molecule has 0 spiro atoms. The molecule has 0 atom stereocenters. The molecule has 48 heavy (non-hydrogen) atoms. The second-order valence-corrected chi connectivity index (χ2v) is 13.4. The van der Waals surface area contributed by atoms with Crippen molar-refractivity contribution < 1.29 is 4.74 Å². The summed E-state index contributed by atoms with van der Waals surface area (Å²) in [6.45, 7) is 4.72. The second kappa shape index (κ2) is 9.97. The quantitative estimate of drug-likeness (QED) is 0.196. The van der Waals surface area contributed by atoms with Crippen LogP contribution in [0.1, 0.15) is 25.0 Å². The summed E-state index contributed by atoms with van der Waals surface area (Å²) in [4.78, 5) is 2.35. The molecule has 0 N–H and O–H groups in total. The lowest BCUT2D eigenvalue weighted by Gasteiger charge is -2.28. The van der Waals surface area contributed by atoms with Crippen LogP contribution in [-0.2, 0) is 5.41 Å². The van der Waals surface area contributed by atoms with E-state index >= 15 is 0 Å². The summed E-state index contributed by atoms with van der Waals surface area (Å²) in [6.07, 6.45) is 0. The molecule has 0 saturated heterocycles. The Morgan fingerprint density at radius 1 is 0.521 bits per heavy atom. The van der Waals surface area contributed by atoms with E-state index in [1.807, 2.05) is 0 Å². The summed E-state index contributed by atoms with van der Waals surface area (Å²) in [5, 5.41) is 2.46. The Bertz CT molecular complexity index is 2520. The van der Waals surface area contributed by atoms with E-state index < -0.39 is 0 Å². The molecular weight excluding hydrogens is 585 g/mol. The average Bonchev–Trinajstić information content (AvgIpc) is 3.59. The molecule has 2 heterocycles. The van der Waals surface area contributed by atoms with Gasteiger partial charge in [-0.15, -0.1) is 0 Å². The van der Waals surface area contributed by atoms with Crippen molar-refractivity contribution in [1.82, 2.24) is 4.57 Å². The number of benzene rings is 7. The minimum Gasteiger partial charge on any atom is -0.452 e. The largest absolute Gasteiger partial charge is 0.452 e. The van der Waals surface area contributed by atoms with Crippen LogP contribution in [-0.4, -0.2) is 4.57 Å². The Balaban J connectivity index is 1.10. The van der Waals surface area contributed by atoms with Crippen molar-refractivity contribution in [2.24, 2.45) is 0 Å². The van der Waals surface area contributed by atoms with Gasteiger partial charge in [-0.25, -0.2) is 0 Å². The Kier molecular flexibility index (Phi) is 5.63. The minimum absolute atomic E-state index is 0.194. The predicted octanol–water partition coefficient (Wildman–Crippen LogP) is 12.3. The summed E-state index contributed by atoms with van der Waals surface area (Å²) >= 11 is 0. The van der Waals surface area contributed by atoms with Crippen LogP contribution in [0.3, 0.4) is 0 Å². The first kappa shape index (κ1) is 27.1. The highest BCUT2D eigenvalue weighted by atomic mass is 16.5. The van der Waals surface area contributed by atoms with Gasteiger partial charge >= 0.3 is 0 Å². The lowest BCUT2D eigenvalue weighted by atomic mass is 9.81. The van der Waals surface area contributed by atoms with Gasteiger partial charge in [-0.2, -0.15) is 0 Å². The van der Waals surface area contributed by atoms with Gasteiger partial charge in [0.25, 0.3) is 0 Å². The fourth-order valence-electron chi connectivity index (χ4n) is 8.10. The molecule has 228 valence electrons. The molecule has 0 amide bonds. The number of hydrogen-bond donors (Lipinski definition) is 0. The number of hydrogen-bond acceptors (Lipinski definition) is 2. The first-order valence-electron chi connectivity index (χ1n) is 16.6. The highest BCUT2D eigenvalue weighted by Crippen LogP contribution is 2.53. The van der Waals surface area contributed by atoms with Crippen molar-refractivity contribution >= 4 is 38.9 Å². The standard InChI is InChI=1S/C45H32N2O/c1-45(2)38-27-29(33-18-11-21-41-44(33)48-42-22-12-19-37-36-17-9-10-20-40(36)47(41)43(37)42)23-25-34(38)35-26-24-32(28-39(35)45)46(30-13-5-3-6-14-30)31-15-7-4-8-16-31/h3-28H,1-2H3. The Labute approximate surface area is 279 Å². The molecule has 10 rings (SSSR count). The van der Waals surface area contributed by atoms with E-state index in [0.717, 1.165) is 50.9 Å². The third-order valence-corrected chi connectivity index (χ3v) is 10.4. The zero-order valence-corrected chi connectivity index (χ0v) is 26.8. The van der Waals surface area contributed by atoms with Crippen molar-refractivity contribution in [3.05, 3.63) is 169 Å². The summed E-state index contributed by atoms with van der Waals surface area (Å²) < 4.78 is 9.17. The Morgan fingerprint density at radius 2 is 1.17 bits per heavy atom. The molecule has 0 saturated carbocycles. The molecule has 8 aromatic rings. The van der Waals surface area contributed by atoms with E-state index in [1.165, 1.54) is 38.5 Å². The van der Waals surface area contributed by atoms with E-state index in [2.05, 4.69) is 181 Å². The van der Waals surface area contributed by atoms with Gasteiger partial charge in [0.05, 0.1) is 16.7 Å². The maximum absolute atomic E-state index is 6.80. The van der Waals surface area contributed by atoms with Crippen LogP contribution in [0.25, 0.3) is 49.7 Å². The molecule has 1 aromatic heterocycles. The van der Waals surface area contributed by atoms with Gasteiger partial charge in [-0.1, -0.05) is 111 Å².